The van der Waals surface area contributed by atoms with Crippen molar-refractivity contribution in [1.29, 1.82) is 0 Å². The number of ether oxygens (including phenoxy) is 1. The van der Waals surface area contributed by atoms with E-state index < -0.39 is 5.38 Å². The van der Waals surface area contributed by atoms with Gasteiger partial charge < -0.3 is 15.0 Å². The highest BCUT2D eigenvalue weighted by Crippen LogP contribution is 2.40. The van der Waals surface area contributed by atoms with Gasteiger partial charge in [0.25, 0.3) is 5.91 Å². The number of hydrogen-bond donors (Lipinski definition) is 1. The van der Waals surface area contributed by atoms with E-state index in [2.05, 4.69) is 5.32 Å². The fraction of sp³-hybridized carbons (Fsp3) is 0.444. The number of piperidine rings is 1. The van der Waals surface area contributed by atoms with Gasteiger partial charge >= 0.3 is 0 Å². The number of hydrogen-bond acceptors (Lipinski definition) is 4. The number of thiophene rings is 1. The summed E-state index contributed by atoms with van der Waals surface area (Å²) in [4.78, 5) is 27.2. The molecule has 5 nitrogen and oxygen atoms in total. The minimum atomic E-state index is -0.615. The summed E-state index contributed by atoms with van der Waals surface area (Å²) in [6.45, 7) is 3.21. The first-order valence-electron chi connectivity index (χ1n) is 8.36. The Bertz CT molecular complexity index is 797. The minimum Gasteiger partial charge on any atom is -0.494 e. The second-order valence-electron chi connectivity index (χ2n) is 6.13. The van der Waals surface area contributed by atoms with Gasteiger partial charge in [0.05, 0.1) is 7.11 Å². The van der Waals surface area contributed by atoms with E-state index >= 15 is 0 Å². The normalized spacial score (nSPS) is 15.9. The Labute approximate surface area is 155 Å². The Morgan fingerprint density at radius 3 is 2.64 bits per heavy atom. The zero-order chi connectivity index (χ0) is 18.0. The quantitative estimate of drug-likeness (QED) is 0.812. The lowest BCUT2D eigenvalue weighted by Crippen LogP contribution is -2.35. The Balaban J connectivity index is 1.94. The lowest BCUT2D eigenvalue weighted by atomic mass is 10.1. The van der Waals surface area contributed by atoms with Gasteiger partial charge in [-0.05, 0) is 44.4 Å². The van der Waals surface area contributed by atoms with Crippen LogP contribution in [-0.4, -0.2) is 42.3 Å². The van der Waals surface area contributed by atoms with Crippen LogP contribution in [0.4, 0.5) is 5.69 Å². The maximum Gasteiger partial charge on any atom is 0.267 e. The first-order valence-corrected chi connectivity index (χ1v) is 9.61. The van der Waals surface area contributed by atoms with Gasteiger partial charge in [0, 0.05) is 28.9 Å². The molecule has 1 aromatic heterocycles. The van der Waals surface area contributed by atoms with Gasteiger partial charge in [-0.3, -0.25) is 9.59 Å². The molecule has 25 heavy (non-hydrogen) atoms. The largest absolute Gasteiger partial charge is 0.494 e. The highest BCUT2D eigenvalue weighted by molar-refractivity contribution is 7.21. The van der Waals surface area contributed by atoms with E-state index in [1.54, 1.807) is 14.0 Å². The SMILES string of the molecule is COc1c(C(=O)N2CCCCC2)sc2ccc(NC(=O)C(C)Cl)cc12. The van der Waals surface area contributed by atoms with Crippen LogP contribution in [0.2, 0.25) is 0 Å². The van der Waals surface area contributed by atoms with Crippen molar-refractivity contribution < 1.29 is 14.3 Å². The highest BCUT2D eigenvalue weighted by atomic mass is 35.5. The molecule has 2 aromatic rings. The molecule has 1 aromatic carbocycles. The van der Waals surface area contributed by atoms with Gasteiger partial charge in [-0.2, -0.15) is 0 Å². The Kier molecular flexibility index (Phi) is 5.49. The summed E-state index contributed by atoms with van der Waals surface area (Å²) in [5.41, 5.74) is 0.637. The van der Waals surface area contributed by atoms with Crippen LogP contribution in [0.5, 0.6) is 5.75 Å². The predicted octanol–water partition coefficient (Wildman–Crippen LogP) is 4.10. The van der Waals surface area contributed by atoms with Gasteiger partial charge in [0.15, 0.2) is 0 Å². The van der Waals surface area contributed by atoms with Gasteiger partial charge in [0.1, 0.15) is 16.0 Å². The van der Waals surface area contributed by atoms with E-state index in [0.717, 1.165) is 36.0 Å². The van der Waals surface area contributed by atoms with Gasteiger partial charge in [-0.15, -0.1) is 22.9 Å². The number of nitrogens with one attached hydrogen (secondary N) is 1. The molecule has 1 aliphatic rings. The van der Waals surface area contributed by atoms with Crippen LogP contribution in [0.25, 0.3) is 10.1 Å². The average molecular weight is 381 g/mol. The molecule has 1 unspecified atom stereocenters. The van der Waals surface area contributed by atoms with Gasteiger partial charge in [-0.1, -0.05) is 0 Å². The molecule has 0 spiro atoms. The molecule has 1 N–H and O–H groups in total. The smallest absolute Gasteiger partial charge is 0.267 e. The maximum atomic E-state index is 12.9. The fourth-order valence-corrected chi connectivity index (χ4v) is 4.15. The van der Waals surface area contributed by atoms with Crippen LogP contribution in [0.3, 0.4) is 0 Å². The van der Waals surface area contributed by atoms with Crippen molar-refractivity contribution in [2.24, 2.45) is 0 Å². The van der Waals surface area contributed by atoms with E-state index in [9.17, 15) is 9.59 Å². The summed E-state index contributed by atoms with van der Waals surface area (Å²) in [5.74, 6) is 0.336. The summed E-state index contributed by atoms with van der Waals surface area (Å²) >= 11 is 7.23. The van der Waals surface area contributed by atoms with Crippen molar-refractivity contribution in [2.45, 2.75) is 31.6 Å². The maximum absolute atomic E-state index is 12.9. The molecule has 3 rings (SSSR count). The minimum absolute atomic E-state index is 0.0257. The monoisotopic (exact) mass is 380 g/mol. The lowest BCUT2D eigenvalue weighted by molar-refractivity contribution is -0.115. The zero-order valence-corrected chi connectivity index (χ0v) is 15.9. The number of amides is 2. The van der Waals surface area contributed by atoms with Crippen LogP contribution in [0.1, 0.15) is 35.9 Å². The molecule has 2 heterocycles. The highest BCUT2D eigenvalue weighted by Gasteiger charge is 2.25. The second kappa shape index (κ2) is 7.62. The zero-order valence-electron chi connectivity index (χ0n) is 14.3. The number of rotatable bonds is 4. The number of anilines is 1. The molecule has 134 valence electrons. The third kappa shape index (κ3) is 3.75. The van der Waals surface area contributed by atoms with Crippen molar-refractivity contribution in [1.82, 2.24) is 4.90 Å². The number of nitrogens with zero attached hydrogens (tertiary/aromatic N) is 1. The van der Waals surface area contributed by atoms with Crippen LogP contribution in [0.15, 0.2) is 18.2 Å². The molecule has 0 saturated carbocycles. The van der Waals surface area contributed by atoms with Gasteiger partial charge in [-0.25, -0.2) is 0 Å². The standard InChI is InChI=1S/C18H21ClN2O3S/c1-11(19)17(22)20-12-6-7-14-13(10-12)15(24-2)16(25-14)18(23)21-8-4-3-5-9-21/h6-7,10-11H,3-5,8-9H2,1-2H3,(H,20,22). The van der Waals surface area contributed by atoms with E-state index in [1.807, 2.05) is 23.1 Å². The average Bonchev–Trinajstić information content (AvgIpc) is 2.99. The molecular weight excluding hydrogens is 360 g/mol. The van der Waals surface area contributed by atoms with Crippen molar-refractivity contribution in [3.8, 4) is 5.75 Å². The summed E-state index contributed by atoms with van der Waals surface area (Å²) in [6.07, 6.45) is 3.27. The number of carbonyl (C=O) groups is 2. The Morgan fingerprint density at radius 1 is 1.28 bits per heavy atom. The van der Waals surface area contributed by atoms with Crippen LogP contribution in [-0.2, 0) is 4.79 Å². The molecule has 1 saturated heterocycles. The summed E-state index contributed by atoms with van der Waals surface area (Å²) in [5, 5.41) is 2.98. The number of benzene rings is 1. The Hall–Kier alpha value is -1.79. The van der Waals surface area contributed by atoms with E-state index in [0.29, 0.717) is 16.3 Å². The molecular formula is C18H21ClN2O3S. The van der Waals surface area contributed by atoms with Crippen molar-refractivity contribution >= 4 is 50.5 Å². The number of likely N-dealkylation sites (tertiary alicyclic amines) is 1. The van der Waals surface area contributed by atoms with Crippen LogP contribution >= 0.6 is 22.9 Å². The molecule has 1 aliphatic heterocycles. The topological polar surface area (TPSA) is 58.6 Å². The number of carbonyl (C=O) groups excluding carboxylic acids is 2. The second-order valence-corrected chi connectivity index (χ2v) is 7.84. The van der Waals surface area contributed by atoms with Crippen molar-refractivity contribution in [3.63, 3.8) is 0 Å². The molecule has 1 fully saturated rings. The summed E-state index contributed by atoms with van der Waals surface area (Å²) in [7, 11) is 1.57. The van der Waals surface area contributed by atoms with Crippen LogP contribution < -0.4 is 10.1 Å². The summed E-state index contributed by atoms with van der Waals surface area (Å²) < 4.78 is 6.50. The molecule has 0 aliphatic carbocycles. The van der Waals surface area contributed by atoms with E-state index in [-0.39, 0.29) is 11.8 Å². The van der Waals surface area contributed by atoms with E-state index in [1.165, 1.54) is 17.8 Å². The molecule has 7 heteroatoms. The third-order valence-electron chi connectivity index (χ3n) is 4.31. The number of methoxy groups -OCH3 is 1. The number of alkyl halides is 1. The van der Waals surface area contributed by atoms with Crippen molar-refractivity contribution in [2.75, 3.05) is 25.5 Å². The number of fused-ring (bicyclic) bond motifs is 1. The molecule has 1 atom stereocenters. The van der Waals surface area contributed by atoms with Crippen LogP contribution in [0, 0.1) is 0 Å². The Morgan fingerprint density at radius 2 is 2.00 bits per heavy atom. The first-order chi connectivity index (χ1) is 12.0. The number of halogens is 1. The fourth-order valence-electron chi connectivity index (χ4n) is 2.98. The predicted molar refractivity (Wildman–Crippen MR) is 102 cm³/mol. The van der Waals surface area contributed by atoms with Crippen molar-refractivity contribution in [3.05, 3.63) is 23.1 Å². The van der Waals surface area contributed by atoms with Gasteiger partial charge in [0.2, 0.25) is 5.91 Å². The van der Waals surface area contributed by atoms with E-state index in [4.69, 9.17) is 16.3 Å². The molecule has 0 radical (unpaired) electrons. The molecule has 0 bridgehead atoms. The summed E-state index contributed by atoms with van der Waals surface area (Å²) in [6, 6.07) is 5.53. The third-order valence-corrected chi connectivity index (χ3v) is 5.65. The first kappa shape index (κ1) is 18.0. The molecule has 2 amide bonds. The lowest BCUT2D eigenvalue weighted by Gasteiger charge is -2.26.